The van der Waals surface area contributed by atoms with Gasteiger partial charge in [0.2, 0.25) is 0 Å². The molecule has 2 nitrogen and oxygen atoms in total. The maximum absolute atomic E-state index is 10.7. The summed E-state index contributed by atoms with van der Waals surface area (Å²) in [6.45, 7) is 4.09. The van der Waals surface area contributed by atoms with Crippen molar-refractivity contribution in [3.05, 3.63) is 36.5 Å². The predicted octanol–water partition coefficient (Wildman–Crippen LogP) is 2.63. The van der Waals surface area contributed by atoms with E-state index in [2.05, 4.69) is 0 Å². The van der Waals surface area contributed by atoms with Gasteiger partial charge in [-0.1, -0.05) is 37.3 Å². The number of ether oxygens (including phenoxy) is 1. The summed E-state index contributed by atoms with van der Waals surface area (Å²) in [5, 5.41) is 0. The van der Waals surface area contributed by atoms with Gasteiger partial charge in [-0.25, -0.2) is 0 Å². The highest BCUT2D eigenvalue weighted by Gasteiger charge is 1.92. The number of allylic oxidation sites excluding steroid dienone is 5. The molecule has 2 heteroatoms. The van der Waals surface area contributed by atoms with E-state index in [-0.39, 0.29) is 5.97 Å². The Labute approximate surface area is 79.6 Å². The van der Waals surface area contributed by atoms with Crippen molar-refractivity contribution in [2.75, 3.05) is 6.61 Å². The Morgan fingerprint density at radius 1 is 1.23 bits per heavy atom. The second kappa shape index (κ2) is 8.78. The van der Waals surface area contributed by atoms with Gasteiger partial charge in [-0.3, -0.25) is 4.79 Å². The Kier molecular flexibility index (Phi) is 7.90. The van der Waals surface area contributed by atoms with Crippen molar-refractivity contribution in [2.24, 2.45) is 0 Å². The molecular weight excluding hydrogens is 164 g/mol. The van der Waals surface area contributed by atoms with E-state index in [1.807, 2.05) is 37.3 Å². The summed E-state index contributed by atoms with van der Waals surface area (Å²) in [4.78, 5) is 10.7. The fraction of sp³-hybridized carbons (Fsp3) is 0.364. The van der Waals surface area contributed by atoms with Crippen LogP contribution in [0.5, 0.6) is 0 Å². The van der Waals surface area contributed by atoms with E-state index in [9.17, 15) is 4.79 Å². The molecule has 0 amide bonds. The van der Waals surface area contributed by atoms with Gasteiger partial charge in [0.1, 0.15) is 6.61 Å². The smallest absolute Gasteiger partial charge is 0.305 e. The van der Waals surface area contributed by atoms with Crippen LogP contribution in [-0.2, 0) is 9.53 Å². The normalized spacial score (nSPS) is 11.8. The molecule has 0 rings (SSSR count). The molecule has 72 valence electrons. The SMILES string of the molecule is C/C=C/C=C/C=C\COC(=O)CC. The molecule has 0 fully saturated rings. The topological polar surface area (TPSA) is 26.3 Å². The van der Waals surface area contributed by atoms with Crippen LogP contribution in [0, 0.1) is 0 Å². The van der Waals surface area contributed by atoms with Crippen LogP contribution in [0.25, 0.3) is 0 Å². The Hall–Kier alpha value is -1.31. The van der Waals surface area contributed by atoms with E-state index in [0.717, 1.165) is 0 Å². The number of carbonyl (C=O) groups is 1. The molecule has 0 aliphatic rings. The molecule has 0 saturated carbocycles. The van der Waals surface area contributed by atoms with Gasteiger partial charge in [-0.2, -0.15) is 0 Å². The van der Waals surface area contributed by atoms with Crippen molar-refractivity contribution in [2.45, 2.75) is 20.3 Å². The van der Waals surface area contributed by atoms with E-state index in [1.54, 1.807) is 13.0 Å². The molecule has 0 spiro atoms. The summed E-state index contributed by atoms with van der Waals surface area (Å²) in [6.07, 6.45) is 11.8. The van der Waals surface area contributed by atoms with Crippen LogP contribution in [0.3, 0.4) is 0 Å². The minimum Gasteiger partial charge on any atom is -0.461 e. The molecule has 0 aromatic heterocycles. The van der Waals surface area contributed by atoms with Gasteiger partial charge in [-0.05, 0) is 13.0 Å². The monoisotopic (exact) mass is 180 g/mol. The lowest BCUT2D eigenvalue weighted by Crippen LogP contribution is -2.01. The van der Waals surface area contributed by atoms with E-state index < -0.39 is 0 Å². The third-order valence-corrected chi connectivity index (χ3v) is 1.29. The Morgan fingerprint density at radius 3 is 2.54 bits per heavy atom. The van der Waals surface area contributed by atoms with E-state index in [4.69, 9.17) is 4.74 Å². The molecule has 0 radical (unpaired) electrons. The molecule has 0 aliphatic heterocycles. The number of esters is 1. The van der Waals surface area contributed by atoms with Crippen molar-refractivity contribution in [1.29, 1.82) is 0 Å². The first-order chi connectivity index (χ1) is 6.31. The lowest BCUT2D eigenvalue weighted by Gasteiger charge is -1.95. The summed E-state index contributed by atoms with van der Waals surface area (Å²) < 4.78 is 4.82. The molecule has 0 heterocycles. The standard InChI is InChI=1S/C11H16O2/c1-3-5-6-7-8-9-10-13-11(12)4-2/h3,5-9H,4,10H2,1-2H3/b5-3+,7-6+,9-8-. The first-order valence-corrected chi connectivity index (χ1v) is 4.41. The minimum absolute atomic E-state index is 0.165. The quantitative estimate of drug-likeness (QED) is 0.480. The van der Waals surface area contributed by atoms with Gasteiger partial charge in [0.25, 0.3) is 0 Å². The van der Waals surface area contributed by atoms with Crippen molar-refractivity contribution in [3.8, 4) is 0 Å². The maximum atomic E-state index is 10.7. The lowest BCUT2D eigenvalue weighted by atomic mass is 10.4. The molecule has 13 heavy (non-hydrogen) atoms. The highest BCUT2D eigenvalue weighted by Crippen LogP contribution is 1.86. The molecular formula is C11H16O2. The summed E-state index contributed by atoms with van der Waals surface area (Å²) >= 11 is 0. The number of carbonyl (C=O) groups excluding carboxylic acids is 1. The Balaban J connectivity index is 3.47. The van der Waals surface area contributed by atoms with E-state index in [1.165, 1.54) is 0 Å². The molecule has 0 saturated heterocycles. The zero-order valence-corrected chi connectivity index (χ0v) is 8.19. The first kappa shape index (κ1) is 11.7. The molecule has 0 unspecified atom stereocenters. The van der Waals surface area contributed by atoms with Crippen LogP contribution in [0.15, 0.2) is 36.5 Å². The molecule has 0 atom stereocenters. The average Bonchev–Trinajstić information content (AvgIpc) is 2.16. The third-order valence-electron chi connectivity index (χ3n) is 1.29. The second-order valence-corrected chi connectivity index (χ2v) is 2.38. The van der Waals surface area contributed by atoms with Gasteiger partial charge in [0.15, 0.2) is 0 Å². The molecule has 0 aliphatic carbocycles. The second-order valence-electron chi connectivity index (χ2n) is 2.38. The highest BCUT2D eigenvalue weighted by atomic mass is 16.5. The van der Waals surface area contributed by atoms with E-state index in [0.29, 0.717) is 13.0 Å². The van der Waals surface area contributed by atoms with E-state index >= 15 is 0 Å². The predicted molar refractivity (Wildman–Crippen MR) is 54.3 cm³/mol. The zero-order chi connectivity index (χ0) is 9.94. The van der Waals surface area contributed by atoms with Gasteiger partial charge in [0, 0.05) is 6.42 Å². The van der Waals surface area contributed by atoms with Gasteiger partial charge < -0.3 is 4.74 Å². The fourth-order valence-electron chi connectivity index (χ4n) is 0.617. The van der Waals surface area contributed by atoms with Crippen molar-refractivity contribution in [3.63, 3.8) is 0 Å². The first-order valence-electron chi connectivity index (χ1n) is 4.41. The minimum atomic E-state index is -0.165. The maximum Gasteiger partial charge on any atom is 0.305 e. The van der Waals surface area contributed by atoms with Gasteiger partial charge in [-0.15, -0.1) is 0 Å². The van der Waals surface area contributed by atoms with Crippen molar-refractivity contribution >= 4 is 5.97 Å². The highest BCUT2D eigenvalue weighted by molar-refractivity contribution is 5.68. The summed E-state index contributed by atoms with van der Waals surface area (Å²) in [5.41, 5.74) is 0. The molecule has 0 bridgehead atoms. The number of hydrogen-bond donors (Lipinski definition) is 0. The van der Waals surface area contributed by atoms with Crippen LogP contribution in [0.1, 0.15) is 20.3 Å². The Bertz CT molecular complexity index is 212. The molecule has 0 N–H and O–H groups in total. The van der Waals surface area contributed by atoms with Crippen LogP contribution in [0.2, 0.25) is 0 Å². The van der Waals surface area contributed by atoms with Crippen LogP contribution >= 0.6 is 0 Å². The van der Waals surface area contributed by atoms with Crippen LogP contribution in [0.4, 0.5) is 0 Å². The van der Waals surface area contributed by atoms with Gasteiger partial charge >= 0.3 is 5.97 Å². The lowest BCUT2D eigenvalue weighted by molar-refractivity contribution is -0.141. The number of hydrogen-bond acceptors (Lipinski definition) is 2. The number of rotatable bonds is 5. The van der Waals surface area contributed by atoms with Crippen LogP contribution < -0.4 is 0 Å². The van der Waals surface area contributed by atoms with Crippen molar-refractivity contribution < 1.29 is 9.53 Å². The zero-order valence-electron chi connectivity index (χ0n) is 8.19. The Morgan fingerprint density at radius 2 is 1.92 bits per heavy atom. The van der Waals surface area contributed by atoms with Crippen molar-refractivity contribution in [1.82, 2.24) is 0 Å². The summed E-state index contributed by atoms with van der Waals surface area (Å²) in [5.74, 6) is -0.165. The van der Waals surface area contributed by atoms with Gasteiger partial charge in [0.05, 0.1) is 0 Å². The fourth-order valence-corrected chi connectivity index (χ4v) is 0.617. The summed E-state index contributed by atoms with van der Waals surface area (Å²) in [7, 11) is 0. The van der Waals surface area contributed by atoms with Crippen LogP contribution in [-0.4, -0.2) is 12.6 Å². The third kappa shape index (κ3) is 8.60. The average molecular weight is 180 g/mol. The largest absolute Gasteiger partial charge is 0.461 e. The summed E-state index contributed by atoms with van der Waals surface area (Å²) in [6, 6.07) is 0. The molecule has 0 aromatic rings. The molecule has 0 aromatic carbocycles.